The molecule has 1 saturated carbocycles. The molecule has 0 aromatic rings. The number of nitrogens with one attached hydrogen (secondary N) is 1. The van der Waals surface area contributed by atoms with Gasteiger partial charge in [-0.15, -0.1) is 0 Å². The molecule has 1 heterocycles. The van der Waals surface area contributed by atoms with Crippen LogP contribution >= 0.6 is 0 Å². The van der Waals surface area contributed by atoms with Crippen LogP contribution in [0.5, 0.6) is 0 Å². The second-order valence-corrected chi connectivity index (χ2v) is 6.56. The van der Waals surface area contributed by atoms with E-state index in [4.69, 9.17) is 4.74 Å². The molecule has 0 amide bonds. The van der Waals surface area contributed by atoms with Crippen molar-refractivity contribution in [3.63, 3.8) is 0 Å². The van der Waals surface area contributed by atoms with Crippen LogP contribution in [0.4, 0.5) is 0 Å². The molecule has 2 rings (SSSR count). The highest BCUT2D eigenvalue weighted by molar-refractivity contribution is 5.00. The van der Waals surface area contributed by atoms with Gasteiger partial charge in [0.2, 0.25) is 0 Å². The van der Waals surface area contributed by atoms with E-state index in [-0.39, 0.29) is 0 Å². The fourth-order valence-corrected chi connectivity index (χ4v) is 3.50. The van der Waals surface area contributed by atoms with Crippen LogP contribution in [0.3, 0.4) is 0 Å². The lowest BCUT2D eigenvalue weighted by atomic mass is 9.74. The number of rotatable bonds is 7. The zero-order valence-corrected chi connectivity index (χ0v) is 11.8. The van der Waals surface area contributed by atoms with Gasteiger partial charge in [0.05, 0.1) is 6.10 Å². The van der Waals surface area contributed by atoms with Crippen LogP contribution in [-0.2, 0) is 4.74 Å². The van der Waals surface area contributed by atoms with Crippen molar-refractivity contribution < 1.29 is 4.74 Å². The first-order valence-electron chi connectivity index (χ1n) is 7.44. The van der Waals surface area contributed by atoms with Crippen molar-refractivity contribution in [1.82, 2.24) is 5.32 Å². The lowest BCUT2D eigenvalue weighted by Gasteiger charge is -2.34. The van der Waals surface area contributed by atoms with E-state index in [9.17, 15) is 0 Å². The summed E-state index contributed by atoms with van der Waals surface area (Å²) in [4.78, 5) is 0. The van der Waals surface area contributed by atoms with E-state index < -0.39 is 0 Å². The van der Waals surface area contributed by atoms with E-state index in [1.165, 1.54) is 38.5 Å². The Balaban J connectivity index is 1.92. The lowest BCUT2D eigenvalue weighted by Crippen LogP contribution is -2.41. The molecule has 1 aliphatic carbocycles. The first-order valence-corrected chi connectivity index (χ1v) is 7.44. The molecule has 1 aliphatic heterocycles. The standard InChI is InChI=1S/C15H29NO/c1-12(2)5-4-8-15(11-16-3)9-10-17-14(15)13-6-7-13/h12-14,16H,4-11H2,1-3H3. The van der Waals surface area contributed by atoms with Gasteiger partial charge < -0.3 is 10.1 Å². The third-order valence-corrected chi connectivity index (χ3v) is 4.54. The summed E-state index contributed by atoms with van der Waals surface area (Å²) in [5, 5.41) is 3.42. The average Bonchev–Trinajstić information content (AvgIpc) is 3.02. The minimum absolute atomic E-state index is 0.449. The van der Waals surface area contributed by atoms with Gasteiger partial charge in [-0.3, -0.25) is 0 Å². The van der Waals surface area contributed by atoms with Gasteiger partial charge in [-0.25, -0.2) is 0 Å². The maximum absolute atomic E-state index is 6.06. The molecule has 2 aliphatic rings. The normalized spacial score (nSPS) is 33.5. The summed E-state index contributed by atoms with van der Waals surface area (Å²) in [6.07, 6.45) is 8.72. The summed E-state index contributed by atoms with van der Waals surface area (Å²) in [7, 11) is 2.09. The Hall–Kier alpha value is -0.0800. The van der Waals surface area contributed by atoms with Gasteiger partial charge in [-0.2, -0.15) is 0 Å². The fourth-order valence-electron chi connectivity index (χ4n) is 3.50. The van der Waals surface area contributed by atoms with E-state index in [1.54, 1.807) is 0 Å². The molecular formula is C15H29NO. The largest absolute Gasteiger partial charge is 0.377 e. The van der Waals surface area contributed by atoms with Crippen LogP contribution in [0.2, 0.25) is 0 Å². The Morgan fingerprint density at radius 3 is 2.71 bits per heavy atom. The molecule has 0 radical (unpaired) electrons. The maximum Gasteiger partial charge on any atom is 0.0672 e. The Morgan fingerprint density at radius 1 is 1.35 bits per heavy atom. The predicted octanol–water partition coefficient (Wildman–Crippen LogP) is 3.22. The number of hydrogen-bond acceptors (Lipinski definition) is 2. The van der Waals surface area contributed by atoms with Crippen LogP contribution in [0.1, 0.15) is 52.4 Å². The molecule has 17 heavy (non-hydrogen) atoms. The third-order valence-electron chi connectivity index (χ3n) is 4.54. The van der Waals surface area contributed by atoms with Crippen LogP contribution in [-0.4, -0.2) is 26.3 Å². The smallest absolute Gasteiger partial charge is 0.0672 e. The molecule has 2 heteroatoms. The Bertz CT molecular complexity index is 237. The number of hydrogen-bond donors (Lipinski definition) is 1. The second-order valence-electron chi connectivity index (χ2n) is 6.56. The summed E-state index contributed by atoms with van der Waals surface area (Å²) < 4.78 is 6.06. The Kier molecular flexibility index (Phi) is 4.48. The van der Waals surface area contributed by atoms with Crippen molar-refractivity contribution in [3.8, 4) is 0 Å². The number of ether oxygens (including phenoxy) is 1. The van der Waals surface area contributed by atoms with Gasteiger partial charge in [0.1, 0.15) is 0 Å². The monoisotopic (exact) mass is 239 g/mol. The molecular weight excluding hydrogens is 210 g/mol. The third kappa shape index (κ3) is 3.23. The summed E-state index contributed by atoms with van der Waals surface area (Å²) in [6.45, 7) is 6.79. The van der Waals surface area contributed by atoms with E-state index >= 15 is 0 Å². The van der Waals surface area contributed by atoms with Gasteiger partial charge in [0.15, 0.2) is 0 Å². The molecule has 0 bridgehead atoms. The average molecular weight is 239 g/mol. The van der Waals surface area contributed by atoms with Crippen molar-refractivity contribution in [1.29, 1.82) is 0 Å². The SMILES string of the molecule is CNCC1(CCCC(C)C)CCOC1C1CC1. The van der Waals surface area contributed by atoms with E-state index in [0.29, 0.717) is 11.5 Å². The quantitative estimate of drug-likeness (QED) is 0.736. The Labute approximate surface area is 107 Å². The molecule has 2 unspecified atom stereocenters. The lowest BCUT2D eigenvalue weighted by molar-refractivity contribution is 0.0258. The topological polar surface area (TPSA) is 21.3 Å². The molecule has 2 fully saturated rings. The van der Waals surface area contributed by atoms with Crippen LogP contribution in [0.25, 0.3) is 0 Å². The van der Waals surface area contributed by atoms with Crippen molar-refractivity contribution in [2.75, 3.05) is 20.2 Å². The summed E-state index contributed by atoms with van der Waals surface area (Å²) in [5.74, 6) is 1.72. The highest BCUT2D eigenvalue weighted by Gasteiger charge is 2.49. The fraction of sp³-hybridized carbons (Fsp3) is 1.00. The molecule has 0 aromatic heterocycles. The van der Waals surface area contributed by atoms with Crippen LogP contribution in [0, 0.1) is 17.3 Å². The predicted molar refractivity (Wildman–Crippen MR) is 72.1 cm³/mol. The molecule has 0 aromatic carbocycles. The zero-order chi connectivity index (χ0) is 12.3. The molecule has 2 atom stereocenters. The minimum atomic E-state index is 0.449. The van der Waals surface area contributed by atoms with Crippen molar-refractivity contribution >= 4 is 0 Å². The summed E-state index contributed by atoms with van der Waals surface area (Å²) in [5.41, 5.74) is 0.449. The van der Waals surface area contributed by atoms with Crippen LogP contribution < -0.4 is 5.32 Å². The maximum atomic E-state index is 6.06. The molecule has 1 N–H and O–H groups in total. The Morgan fingerprint density at radius 2 is 2.12 bits per heavy atom. The van der Waals surface area contributed by atoms with Gasteiger partial charge in [-0.05, 0) is 44.6 Å². The van der Waals surface area contributed by atoms with Gasteiger partial charge in [0.25, 0.3) is 0 Å². The minimum Gasteiger partial charge on any atom is -0.377 e. The second kappa shape index (κ2) is 5.71. The highest BCUT2D eigenvalue weighted by Crippen LogP contribution is 2.50. The molecule has 1 saturated heterocycles. The van der Waals surface area contributed by atoms with Crippen LogP contribution in [0.15, 0.2) is 0 Å². The zero-order valence-electron chi connectivity index (χ0n) is 11.8. The van der Waals surface area contributed by atoms with Crippen molar-refractivity contribution in [3.05, 3.63) is 0 Å². The first-order chi connectivity index (χ1) is 8.18. The van der Waals surface area contributed by atoms with Gasteiger partial charge in [-0.1, -0.05) is 26.7 Å². The molecule has 2 nitrogen and oxygen atoms in total. The van der Waals surface area contributed by atoms with E-state index in [0.717, 1.165) is 25.0 Å². The van der Waals surface area contributed by atoms with E-state index in [2.05, 4.69) is 26.2 Å². The molecule has 100 valence electrons. The summed E-state index contributed by atoms with van der Waals surface area (Å²) in [6, 6.07) is 0. The van der Waals surface area contributed by atoms with Crippen molar-refractivity contribution in [2.45, 2.75) is 58.5 Å². The van der Waals surface area contributed by atoms with Crippen molar-refractivity contribution in [2.24, 2.45) is 17.3 Å². The van der Waals surface area contributed by atoms with Gasteiger partial charge in [0, 0.05) is 18.6 Å². The van der Waals surface area contributed by atoms with Gasteiger partial charge >= 0.3 is 0 Å². The molecule has 0 spiro atoms. The van der Waals surface area contributed by atoms with E-state index in [1.807, 2.05) is 0 Å². The highest BCUT2D eigenvalue weighted by atomic mass is 16.5. The summed E-state index contributed by atoms with van der Waals surface area (Å²) >= 11 is 0. The first kappa shape index (κ1) is 13.4.